The highest BCUT2D eigenvalue weighted by Gasteiger charge is 2.15. The number of benzene rings is 3. The van der Waals surface area contributed by atoms with Gasteiger partial charge in [0.25, 0.3) is 15.9 Å². The number of nitrogens with zero attached hydrogens (tertiary/aromatic N) is 2. The van der Waals surface area contributed by atoms with Gasteiger partial charge in [0.05, 0.1) is 21.7 Å². The van der Waals surface area contributed by atoms with Crippen molar-refractivity contribution in [3.63, 3.8) is 0 Å². The van der Waals surface area contributed by atoms with E-state index < -0.39 is 27.6 Å². The van der Waals surface area contributed by atoms with Gasteiger partial charge in [-0.3, -0.25) is 9.52 Å². The number of para-hydroxylation sites is 1. The van der Waals surface area contributed by atoms with E-state index in [2.05, 4.69) is 15.6 Å². The van der Waals surface area contributed by atoms with Crippen LogP contribution in [-0.2, 0) is 16.6 Å². The van der Waals surface area contributed by atoms with E-state index in [1.54, 1.807) is 12.1 Å². The fourth-order valence-electron chi connectivity index (χ4n) is 3.07. The molecule has 0 spiro atoms. The number of anilines is 1. The molecule has 0 saturated carbocycles. The van der Waals surface area contributed by atoms with Gasteiger partial charge in [0, 0.05) is 11.3 Å². The van der Waals surface area contributed by atoms with Gasteiger partial charge in [0.15, 0.2) is 4.80 Å². The average Bonchev–Trinajstić information content (AvgIpc) is 3.12. The highest BCUT2D eigenvalue weighted by atomic mass is 32.2. The Kier molecular flexibility index (Phi) is 6.09. The summed E-state index contributed by atoms with van der Waals surface area (Å²) in [6.45, 7) is 0.0388. The molecule has 0 saturated heterocycles. The lowest BCUT2D eigenvalue weighted by molar-refractivity contribution is 0.0998. The Morgan fingerprint density at radius 3 is 2.42 bits per heavy atom. The molecular weight excluding hydrogens is 468 g/mol. The van der Waals surface area contributed by atoms with Gasteiger partial charge < -0.3 is 4.57 Å². The van der Waals surface area contributed by atoms with Crippen LogP contribution in [-0.4, -0.2) is 18.9 Å². The van der Waals surface area contributed by atoms with E-state index in [1.807, 2.05) is 0 Å². The molecule has 33 heavy (non-hydrogen) atoms. The summed E-state index contributed by atoms with van der Waals surface area (Å²) in [5.41, 5.74) is 0.685. The van der Waals surface area contributed by atoms with E-state index in [-0.39, 0.29) is 33.0 Å². The van der Waals surface area contributed by atoms with E-state index >= 15 is 0 Å². The second kappa shape index (κ2) is 8.97. The molecule has 1 heterocycles. The van der Waals surface area contributed by atoms with E-state index in [0.29, 0.717) is 4.70 Å². The summed E-state index contributed by atoms with van der Waals surface area (Å²) in [6, 6.07) is 14.6. The van der Waals surface area contributed by atoms with Gasteiger partial charge >= 0.3 is 0 Å². The van der Waals surface area contributed by atoms with E-state index in [1.165, 1.54) is 34.9 Å². The van der Waals surface area contributed by atoms with Crippen LogP contribution in [0.5, 0.6) is 0 Å². The Morgan fingerprint density at radius 1 is 1.06 bits per heavy atom. The summed E-state index contributed by atoms with van der Waals surface area (Å²) in [4.78, 5) is 16.9. The molecule has 0 aliphatic heterocycles. The summed E-state index contributed by atoms with van der Waals surface area (Å²) < 4.78 is 56.6. The number of amides is 1. The maximum atomic E-state index is 14.3. The first kappa shape index (κ1) is 22.4. The first-order valence-electron chi connectivity index (χ1n) is 9.47. The highest BCUT2D eigenvalue weighted by Crippen LogP contribution is 2.21. The Hall–Kier alpha value is -3.81. The molecule has 0 fully saturated rings. The van der Waals surface area contributed by atoms with Crippen molar-refractivity contribution in [3.05, 3.63) is 88.7 Å². The van der Waals surface area contributed by atoms with Crippen LogP contribution in [0.25, 0.3) is 10.2 Å². The SMILES string of the molecule is C#CCn1c(=NC(=O)c2ccc(NS(=O)(=O)c3ccc(F)cc3)cc2)sc2cccc(F)c21. The van der Waals surface area contributed by atoms with Crippen LogP contribution in [0.1, 0.15) is 10.4 Å². The number of terminal acetylenes is 1. The molecule has 166 valence electrons. The minimum atomic E-state index is -3.92. The molecule has 4 aromatic rings. The van der Waals surface area contributed by atoms with Gasteiger partial charge in [-0.1, -0.05) is 23.3 Å². The number of aromatic nitrogens is 1. The summed E-state index contributed by atoms with van der Waals surface area (Å²) in [6.07, 6.45) is 5.40. The van der Waals surface area contributed by atoms with Crippen LogP contribution in [0, 0.1) is 24.0 Å². The molecule has 1 N–H and O–H groups in total. The van der Waals surface area contributed by atoms with Crippen LogP contribution in [0.3, 0.4) is 0 Å². The number of carbonyl (C=O) groups is 1. The zero-order chi connectivity index (χ0) is 23.6. The predicted molar refractivity (Wildman–Crippen MR) is 122 cm³/mol. The summed E-state index contributed by atoms with van der Waals surface area (Å²) in [5.74, 6) is 0.820. The second-order valence-corrected chi connectivity index (χ2v) is 9.51. The molecule has 0 radical (unpaired) electrons. The molecule has 0 bridgehead atoms. The highest BCUT2D eigenvalue weighted by molar-refractivity contribution is 7.92. The number of sulfonamides is 1. The zero-order valence-electron chi connectivity index (χ0n) is 16.8. The van der Waals surface area contributed by atoms with E-state index in [0.717, 1.165) is 35.6 Å². The third-order valence-corrected chi connectivity index (χ3v) is 7.05. The zero-order valence-corrected chi connectivity index (χ0v) is 18.5. The molecule has 6 nitrogen and oxygen atoms in total. The number of hydrogen-bond donors (Lipinski definition) is 1. The third kappa shape index (κ3) is 4.69. The first-order chi connectivity index (χ1) is 15.8. The maximum absolute atomic E-state index is 14.3. The lowest BCUT2D eigenvalue weighted by Crippen LogP contribution is -2.17. The van der Waals surface area contributed by atoms with Crippen molar-refractivity contribution in [1.82, 2.24) is 4.57 Å². The van der Waals surface area contributed by atoms with Crippen LogP contribution in [0.2, 0.25) is 0 Å². The normalized spacial score (nSPS) is 12.0. The van der Waals surface area contributed by atoms with E-state index in [4.69, 9.17) is 6.42 Å². The number of nitrogens with one attached hydrogen (secondary N) is 1. The third-order valence-electron chi connectivity index (χ3n) is 4.61. The Labute approximate surface area is 191 Å². The second-order valence-electron chi connectivity index (χ2n) is 6.82. The number of carbonyl (C=O) groups excluding carboxylic acids is 1. The number of hydrogen-bond acceptors (Lipinski definition) is 4. The van der Waals surface area contributed by atoms with Crippen LogP contribution in [0.4, 0.5) is 14.5 Å². The summed E-state index contributed by atoms with van der Waals surface area (Å²) in [7, 11) is -3.92. The largest absolute Gasteiger partial charge is 0.302 e. The minimum absolute atomic E-state index is 0.0388. The fourth-order valence-corrected chi connectivity index (χ4v) is 5.17. The van der Waals surface area contributed by atoms with Crippen LogP contribution < -0.4 is 9.52 Å². The smallest absolute Gasteiger partial charge is 0.279 e. The van der Waals surface area contributed by atoms with Gasteiger partial charge in [-0.05, 0) is 60.7 Å². The number of rotatable bonds is 5. The summed E-state index contributed by atoms with van der Waals surface area (Å²) >= 11 is 1.13. The van der Waals surface area contributed by atoms with Crippen LogP contribution >= 0.6 is 11.3 Å². The molecule has 4 rings (SSSR count). The van der Waals surface area contributed by atoms with Gasteiger partial charge in [-0.25, -0.2) is 17.2 Å². The quantitative estimate of drug-likeness (QED) is 0.433. The Morgan fingerprint density at radius 2 is 1.76 bits per heavy atom. The van der Waals surface area contributed by atoms with Crippen molar-refractivity contribution in [1.29, 1.82) is 0 Å². The lowest BCUT2D eigenvalue weighted by atomic mass is 10.2. The molecule has 10 heteroatoms. The standard InChI is InChI=1S/C23H15F2N3O3S2/c1-2-14-28-21-19(25)4-3-5-20(21)32-23(28)26-22(29)15-6-10-17(11-7-15)27-33(30,31)18-12-8-16(24)9-13-18/h1,3-13,27H,14H2. The molecule has 0 unspecified atom stereocenters. The van der Waals surface area contributed by atoms with Crippen molar-refractivity contribution in [2.24, 2.45) is 4.99 Å². The summed E-state index contributed by atoms with van der Waals surface area (Å²) in [5, 5.41) is 0. The number of thiazole rings is 1. The van der Waals surface area contributed by atoms with Gasteiger partial charge in [-0.15, -0.1) is 6.42 Å². The monoisotopic (exact) mass is 483 g/mol. The molecule has 1 aromatic heterocycles. The predicted octanol–water partition coefficient (Wildman–Crippen LogP) is 4.16. The minimum Gasteiger partial charge on any atom is -0.302 e. The topological polar surface area (TPSA) is 80.5 Å². The van der Waals surface area contributed by atoms with Crippen molar-refractivity contribution in [3.8, 4) is 12.3 Å². The maximum Gasteiger partial charge on any atom is 0.279 e. The van der Waals surface area contributed by atoms with Gasteiger partial charge in [-0.2, -0.15) is 4.99 Å². The number of fused-ring (bicyclic) bond motifs is 1. The molecule has 1 amide bonds. The van der Waals surface area contributed by atoms with Crippen LogP contribution in [0.15, 0.2) is 76.6 Å². The van der Waals surface area contributed by atoms with Gasteiger partial charge in [0.2, 0.25) is 0 Å². The molecule has 0 atom stereocenters. The lowest BCUT2D eigenvalue weighted by Gasteiger charge is -2.08. The molecule has 3 aromatic carbocycles. The van der Waals surface area contributed by atoms with Crippen molar-refractivity contribution >= 4 is 43.2 Å². The Bertz CT molecular complexity index is 1560. The molecule has 0 aliphatic rings. The fraction of sp³-hybridized carbons (Fsp3) is 0.0435. The Balaban J connectivity index is 1.61. The first-order valence-corrected chi connectivity index (χ1v) is 11.8. The molecular formula is C23H15F2N3O3S2. The van der Waals surface area contributed by atoms with Crippen molar-refractivity contribution < 1.29 is 22.0 Å². The van der Waals surface area contributed by atoms with E-state index in [9.17, 15) is 22.0 Å². The van der Waals surface area contributed by atoms with Crippen molar-refractivity contribution in [2.45, 2.75) is 11.4 Å². The number of halogens is 2. The average molecular weight is 484 g/mol. The van der Waals surface area contributed by atoms with Crippen molar-refractivity contribution in [2.75, 3.05) is 4.72 Å². The van der Waals surface area contributed by atoms with Gasteiger partial charge in [0.1, 0.15) is 11.6 Å². The molecule has 0 aliphatic carbocycles.